The van der Waals surface area contributed by atoms with Crippen LogP contribution in [-0.4, -0.2) is 50.0 Å². The van der Waals surface area contributed by atoms with Gasteiger partial charge in [0.25, 0.3) is 0 Å². The van der Waals surface area contributed by atoms with E-state index in [1.807, 2.05) is 4.90 Å². The summed E-state index contributed by atoms with van der Waals surface area (Å²) in [5, 5.41) is 12.0. The lowest BCUT2D eigenvalue weighted by molar-refractivity contribution is -0.129. The van der Waals surface area contributed by atoms with Crippen LogP contribution in [0.5, 0.6) is 0 Å². The number of carbonyl (C=O) groups is 1. The average molecular weight is 354 g/mol. The van der Waals surface area contributed by atoms with Crippen LogP contribution in [0.1, 0.15) is 24.6 Å². The van der Waals surface area contributed by atoms with E-state index in [4.69, 9.17) is 10.3 Å². The summed E-state index contributed by atoms with van der Waals surface area (Å²) in [6.07, 6.45) is 2.75. The molecule has 1 saturated heterocycles. The molecule has 0 radical (unpaired) electrons. The van der Waals surface area contributed by atoms with Crippen molar-refractivity contribution in [2.45, 2.75) is 30.5 Å². The Morgan fingerprint density at radius 1 is 1.43 bits per heavy atom. The molecule has 1 fully saturated rings. The van der Waals surface area contributed by atoms with E-state index in [2.05, 4.69) is 20.3 Å². The van der Waals surface area contributed by atoms with Crippen molar-refractivity contribution in [3.05, 3.63) is 11.7 Å². The predicted octanol–water partition coefficient (Wildman–Crippen LogP) is 1.39. The molecule has 1 amide bonds. The molecular weight excluding hydrogens is 336 g/mol. The van der Waals surface area contributed by atoms with Crippen LogP contribution < -0.4 is 5.73 Å². The van der Waals surface area contributed by atoms with Gasteiger partial charge < -0.3 is 15.2 Å². The fraction of sp³-hybridized carbons (Fsp3) is 0.615. The minimum atomic E-state index is 0.137. The minimum Gasteiger partial charge on any atom is -0.374 e. The van der Waals surface area contributed by atoms with Crippen LogP contribution >= 0.6 is 23.1 Å². The number of nitrogens with zero attached hydrogens (tertiary/aromatic N) is 5. The molecule has 0 unspecified atom stereocenters. The highest BCUT2D eigenvalue weighted by Gasteiger charge is 2.24. The number of hydrogen-bond donors (Lipinski definition) is 1. The quantitative estimate of drug-likeness (QED) is 0.802. The summed E-state index contributed by atoms with van der Waals surface area (Å²) >= 11 is 2.70. The number of nitrogens with two attached hydrogens (primary N) is 1. The van der Waals surface area contributed by atoms with Crippen molar-refractivity contribution >= 4 is 34.1 Å². The number of rotatable bonds is 5. The van der Waals surface area contributed by atoms with Crippen LogP contribution in [0.15, 0.2) is 8.86 Å². The number of aromatic nitrogens is 4. The summed E-state index contributed by atoms with van der Waals surface area (Å²) in [5.74, 6) is 2.38. The lowest BCUT2D eigenvalue weighted by atomic mass is 9.93. The monoisotopic (exact) mass is 354 g/mol. The average Bonchev–Trinajstić information content (AvgIpc) is 3.14. The van der Waals surface area contributed by atoms with Crippen molar-refractivity contribution in [3.8, 4) is 0 Å². The van der Waals surface area contributed by atoms with Crippen LogP contribution in [0, 0.1) is 12.8 Å². The smallest absolute Gasteiger partial charge is 0.233 e. The van der Waals surface area contributed by atoms with E-state index < -0.39 is 0 Å². The Hall–Kier alpha value is -1.68. The van der Waals surface area contributed by atoms with Gasteiger partial charge in [-0.3, -0.25) is 4.79 Å². The molecule has 23 heavy (non-hydrogen) atoms. The van der Waals surface area contributed by atoms with Crippen molar-refractivity contribution < 1.29 is 9.32 Å². The third kappa shape index (κ3) is 4.41. The number of likely N-dealkylation sites (tertiary alicyclic amines) is 1. The summed E-state index contributed by atoms with van der Waals surface area (Å²) in [6, 6.07) is 0. The van der Waals surface area contributed by atoms with Gasteiger partial charge in [-0.05, 0) is 18.8 Å². The molecule has 1 aliphatic rings. The van der Waals surface area contributed by atoms with Crippen LogP contribution in [-0.2, 0) is 11.2 Å². The number of carbonyl (C=O) groups excluding carboxylic acids is 1. The number of hydrogen-bond acceptors (Lipinski definition) is 9. The lowest BCUT2D eigenvalue weighted by Gasteiger charge is -2.31. The zero-order valence-electron chi connectivity index (χ0n) is 12.8. The molecule has 8 nitrogen and oxygen atoms in total. The normalized spacial score (nSPS) is 16.0. The molecule has 0 atom stereocenters. The molecule has 10 heteroatoms. The van der Waals surface area contributed by atoms with Crippen molar-refractivity contribution in [2.75, 3.05) is 24.6 Å². The van der Waals surface area contributed by atoms with Crippen molar-refractivity contribution in [2.24, 2.45) is 5.92 Å². The van der Waals surface area contributed by atoms with Crippen LogP contribution in [0.2, 0.25) is 0 Å². The molecule has 2 aromatic rings. The van der Waals surface area contributed by atoms with Crippen molar-refractivity contribution in [1.82, 2.24) is 25.2 Å². The second-order valence-corrected chi connectivity index (χ2v) is 7.68. The first-order valence-electron chi connectivity index (χ1n) is 7.39. The van der Waals surface area contributed by atoms with Gasteiger partial charge in [-0.1, -0.05) is 28.3 Å². The third-order valence-corrected chi connectivity index (χ3v) is 5.62. The third-order valence-electron chi connectivity index (χ3n) is 3.75. The Bertz CT molecular complexity index is 665. The van der Waals surface area contributed by atoms with Gasteiger partial charge in [0.2, 0.25) is 16.9 Å². The van der Waals surface area contributed by atoms with Gasteiger partial charge >= 0.3 is 0 Å². The van der Waals surface area contributed by atoms with Crippen LogP contribution in [0.25, 0.3) is 0 Å². The Morgan fingerprint density at radius 3 is 2.83 bits per heavy atom. The minimum absolute atomic E-state index is 0.137. The summed E-state index contributed by atoms with van der Waals surface area (Å²) in [4.78, 5) is 18.4. The first-order valence-corrected chi connectivity index (χ1v) is 9.19. The van der Waals surface area contributed by atoms with E-state index in [1.54, 1.807) is 6.92 Å². The molecule has 124 valence electrons. The van der Waals surface area contributed by atoms with Crippen molar-refractivity contribution in [1.29, 1.82) is 0 Å². The summed E-state index contributed by atoms with van der Waals surface area (Å²) in [5.41, 5.74) is 5.53. The Labute approximate surface area is 141 Å². The van der Waals surface area contributed by atoms with E-state index in [0.717, 1.165) is 42.5 Å². The Morgan fingerprint density at radius 2 is 2.22 bits per heavy atom. The number of piperidine rings is 1. The number of aryl methyl sites for hydroxylation is 1. The molecule has 1 aliphatic heterocycles. The molecule has 0 saturated carbocycles. The van der Waals surface area contributed by atoms with Gasteiger partial charge in [-0.15, -0.1) is 10.2 Å². The van der Waals surface area contributed by atoms with Gasteiger partial charge in [0.15, 0.2) is 10.2 Å². The zero-order valence-corrected chi connectivity index (χ0v) is 14.4. The molecule has 2 aromatic heterocycles. The highest BCUT2D eigenvalue weighted by atomic mass is 32.2. The predicted molar refractivity (Wildman–Crippen MR) is 87.1 cm³/mol. The maximum atomic E-state index is 12.2. The summed E-state index contributed by atoms with van der Waals surface area (Å²) < 4.78 is 5.73. The lowest BCUT2D eigenvalue weighted by Crippen LogP contribution is -2.39. The fourth-order valence-corrected chi connectivity index (χ4v) is 4.10. The van der Waals surface area contributed by atoms with Crippen molar-refractivity contribution in [3.63, 3.8) is 0 Å². The topological polar surface area (TPSA) is 111 Å². The standard InChI is InChI=1S/C13H18N6O2S2/c1-8-15-10(18-21-8)6-9-2-4-19(5-3-9)11(20)7-22-13-17-16-12(14)23-13/h9H,2-7H2,1H3,(H2,14,16). The maximum absolute atomic E-state index is 12.2. The molecule has 0 aromatic carbocycles. The molecule has 0 spiro atoms. The number of amides is 1. The van der Waals surface area contributed by atoms with Gasteiger partial charge in [-0.2, -0.15) is 4.98 Å². The van der Waals surface area contributed by atoms with E-state index in [1.165, 1.54) is 23.1 Å². The second-order valence-electron chi connectivity index (χ2n) is 5.45. The van der Waals surface area contributed by atoms with E-state index >= 15 is 0 Å². The molecular formula is C13H18N6O2S2. The first kappa shape index (κ1) is 16.2. The SMILES string of the molecule is Cc1nc(CC2CCN(C(=O)CSc3nnc(N)s3)CC2)no1. The highest BCUT2D eigenvalue weighted by molar-refractivity contribution is 8.01. The van der Waals surface area contributed by atoms with E-state index in [9.17, 15) is 4.79 Å². The highest BCUT2D eigenvalue weighted by Crippen LogP contribution is 2.25. The van der Waals surface area contributed by atoms with Gasteiger partial charge in [0, 0.05) is 26.4 Å². The molecule has 0 aliphatic carbocycles. The van der Waals surface area contributed by atoms with Gasteiger partial charge in [-0.25, -0.2) is 0 Å². The Balaban J connectivity index is 1.42. The molecule has 3 heterocycles. The largest absolute Gasteiger partial charge is 0.374 e. The summed E-state index contributed by atoms with van der Waals surface area (Å²) in [7, 11) is 0. The second kappa shape index (κ2) is 7.26. The Kier molecular flexibility index (Phi) is 5.11. The fourth-order valence-electron chi connectivity index (χ4n) is 2.56. The van der Waals surface area contributed by atoms with E-state index in [-0.39, 0.29) is 5.91 Å². The first-order chi connectivity index (χ1) is 11.1. The van der Waals surface area contributed by atoms with Gasteiger partial charge in [0.05, 0.1) is 5.75 Å². The van der Waals surface area contributed by atoms with E-state index in [0.29, 0.717) is 22.7 Å². The zero-order chi connectivity index (χ0) is 16.2. The van der Waals surface area contributed by atoms with Crippen LogP contribution in [0.3, 0.4) is 0 Å². The summed E-state index contributed by atoms with van der Waals surface area (Å²) in [6.45, 7) is 3.35. The molecule has 2 N–H and O–H groups in total. The maximum Gasteiger partial charge on any atom is 0.233 e. The van der Waals surface area contributed by atoms with Gasteiger partial charge in [0.1, 0.15) is 0 Å². The number of thioether (sulfide) groups is 1. The molecule has 0 bridgehead atoms. The number of anilines is 1. The van der Waals surface area contributed by atoms with Crippen LogP contribution in [0.4, 0.5) is 5.13 Å². The molecule has 3 rings (SSSR count). The number of nitrogen functional groups attached to an aromatic ring is 1.